The molecule has 0 bridgehead atoms. The van der Waals surface area contributed by atoms with E-state index in [2.05, 4.69) is 0 Å². The van der Waals surface area contributed by atoms with Gasteiger partial charge in [0.2, 0.25) is 0 Å². The zero-order valence-corrected chi connectivity index (χ0v) is 5.78. The van der Waals surface area contributed by atoms with Crippen LogP contribution in [0.1, 0.15) is 19.3 Å². The topological polar surface area (TPSA) is 46.2 Å². The van der Waals surface area contributed by atoms with Crippen LogP contribution >= 0.6 is 11.6 Å². The molecule has 0 aliphatic heterocycles. The van der Waals surface area contributed by atoms with Gasteiger partial charge in [-0.05, 0) is 19.3 Å². The second kappa shape index (κ2) is 3.28. The van der Waals surface area contributed by atoms with Gasteiger partial charge in [0.05, 0.1) is 5.00 Å². The second-order valence-electron chi connectivity index (χ2n) is 1.89. The Labute approximate surface area is 54.6 Å². The number of halogens is 1. The Balaban J connectivity index is 0.000000222. The zero-order valence-electron chi connectivity index (χ0n) is 5.02. The standard InChI is InChI=1S/C4H8ClN.CH4O/c5-4(6)2-1-3-4;1-2/h1-3,6H2;2H,1H3. The Morgan fingerprint density at radius 2 is 1.75 bits per heavy atom. The normalized spacial score (nSPS) is 22.5. The molecule has 50 valence electrons. The van der Waals surface area contributed by atoms with Crippen molar-refractivity contribution in [3.63, 3.8) is 0 Å². The SMILES string of the molecule is CO.NC1(Cl)CCC1. The van der Waals surface area contributed by atoms with E-state index in [1.807, 2.05) is 0 Å². The van der Waals surface area contributed by atoms with E-state index < -0.39 is 0 Å². The van der Waals surface area contributed by atoms with Gasteiger partial charge < -0.3 is 10.8 Å². The summed E-state index contributed by atoms with van der Waals surface area (Å²) in [5.41, 5.74) is 5.39. The van der Waals surface area contributed by atoms with Crippen LogP contribution in [0.2, 0.25) is 0 Å². The van der Waals surface area contributed by atoms with Crippen LogP contribution in [-0.2, 0) is 0 Å². The molecule has 1 aliphatic rings. The van der Waals surface area contributed by atoms with Gasteiger partial charge >= 0.3 is 0 Å². The summed E-state index contributed by atoms with van der Waals surface area (Å²) >= 11 is 5.58. The average Bonchev–Trinajstić information content (AvgIpc) is 1.69. The lowest BCUT2D eigenvalue weighted by Gasteiger charge is -2.30. The molecule has 3 heteroatoms. The minimum atomic E-state index is -0.306. The molecule has 2 nitrogen and oxygen atoms in total. The van der Waals surface area contributed by atoms with Crippen molar-refractivity contribution in [2.75, 3.05) is 7.11 Å². The lowest BCUT2D eigenvalue weighted by Crippen LogP contribution is -2.39. The lowest BCUT2D eigenvalue weighted by molar-refractivity contribution is 0.364. The molecule has 8 heavy (non-hydrogen) atoms. The monoisotopic (exact) mass is 137 g/mol. The molecule has 0 saturated heterocycles. The van der Waals surface area contributed by atoms with E-state index in [0.717, 1.165) is 20.0 Å². The molecule has 1 fully saturated rings. The van der Waals surface area contributed by atoms with Crippen LogP contribution in [0.5, 0.6) is 0 Å². The summed E-state index contributed by atoms with van der Waals surface area (Å²) in [5.74, 6) is 0. The van der Waals surface area contributed by atoms with Gasteiger partial charge in [-0.1, -0.05) is 0 Å². The maximum absolute atomic E-state index is 7.00. The Bertz CT molecular complexity index is 59.4. The van der Waals surface area contributed by atoms with Crippen molar-refractivity contribution in [2.45, 2.75) is 24.3 Å². The largest absolute Gasteiger partial charge is 0.400 e. The maximum Gasteiger partial charge on any atom is 0.0910 e. The first-order chi connectivity index (χ1) is 3.71. The van der Waals surface area contributed by atoms with Crippen LogP contribution in [0, 0.1) is 0 Å². The summed E-state index contributed by atoms with van der Waals surface area (Å²) in [5, 5.41) is 7.00. The third-order valence-corrected chi connectivity index (χ3v) is 1.56. The number of aliphatic hydroxyl groups is 1. The lowest BCUT2D eigenvalue weighted by atomic mass is 9.93. The van der Waals surface area contributed by atoms with Gasteiger partial charge in [0.25, 0.3) is 0 Å². The van der Waals surface area contributed by atoms with Crippen LogP contribution in [0.3, 0.4) is 0 Å². The fourth-order valence-corrected chi connectivity index (χ4v) is 0.782. The third-order valence-electron chi connectivity index (χ3n) is 1.18. The fourth-order valence-electron chi connectivity index (χ4n) is 0.515. The van der Waals surface area contributed by atoms with E-state index in [1.54, 1.807) is 0 Å². The molecule has 0 heterocycles. The number of hydrogen-bond acceptors (Lipinski definition) is 2. The molecular weight excluding hydrogens is 126 g/mol. The summed E-state index contributed by atoms with van der Waals surface area (Å²) in [6.45, 7) is 0. The molecule has 0 radical (unpaired) electrons. The predicted molar refractivity (Wildman–Crippen MR) is 34.8 cm³/mol. The molecular formula is C5H12ClNO. The molecule has 3 N–H and O–H groups in total. The number of nitrogens with two attached hydrogens (primary N) is 1. The highest BCUT2D eigenvalue weighted by Gasteiger charge is 2.28. The smallest absolute Gasteiger partial charge is 0.0910 e. The van der Waals surface area contributed by atoms with E-state index >= 15 is 0 Å². The summed E-state index contributed by atoms with van der Waals surface area (Å²) < 4.78 is 0. The number of aliphatic hydroxyl groups excluding tert-OH is 1. The minimum absolute atomic E-state index is 0.306. The van der Waals surface area contributed by atoms with Gasteiger partial charge in [0, 0.05) is 7.11 Å². The van der Waals surface area contributed by atoms with Crippen LogP contribution in [0.15, 0.2) is 0 Å². The summed E-state index contributed by atoms with van der Waals surface area (Å²) in [7, 11) is 1.00. The van der Waals surface area contributed by atoms with Gasteiger partial charge in [-0.2, -0.15) is 0 Å². The van der Waals surface area contributed by atoms with Gasteiger partial charge in [0.15, 0.2) is 0 Å². The number of alkyl halides is 1. The highest BCUT2D eigenvalue weighted by Crippen LogP contribution is 2.32. The van der Waals surface area contributed by atoms with Gasteiger partial charge in [-0.15, -0.1) is 11.6 Å². The van der Waals surface area contributed by atoms with Crippen molar-refractivity contribution < 1.29 is 5.11 Å². The molecule has 0 amide bonds. The van der Waals surface area contributed by atoms with Crippen molar-refractivity contribution >= 4 is 11.6 Å². The number of rotatable bonds is 0. The molecule has 1 saturated carbocycles. The maximum atomic E-state index is 7.00. The number of hydrogen-bond donors (Lipinski definition) is 2. The first-order valence-electron chi connectivity index (χ1n) is 2.63. The van der Waals surface area contributed by atoms with Crippen LogP contribution in [-0.4, -0.2) is 17.2 Å². The predicted octanol–water partition coefficient (Wildman–Crippen LogP) is 0.673. The van der Waals surface area contributed by atoms with Crippen molar-refractivity contribution in [2.24, 2.45) is 5.73 Å². The molecule has 0 atom stereocenters. The quantitative estimate of drug-likeness (QED) is 0.381. The Morgan fingerprint density at radius 1 is 1.50 bits per heavy atom. The first kappa shape index (κ1) is 8.21. The van der Waals surface area contributed by atoms with E-state index in [1.165, 1.54) is 6.42 Å². The van der Waals surface area contributed by atoms with E-state index in [0.29, 0.717) is 0 Å². The highest BCUT2D eigenvalue weighted by atomic mass is 35.5. The zero-order chi connectivity index (χ0) is 6.62. The molecule has 0 aromatic carbocycles. The summed E-state index contributed by atoms with van der Waals surface area (Å²) in [6, 6.07) is 0. The van der Waals surface area contributed by atoms with Crippen molar-refractivity contribution in [3.8, 4) is 0 Å². The van der Waals surface area contributed by atoms with Crippen molar-refractivity contribution in [3.05, 3.63) is 0 Å². The molecule has 0 aromatic heterocycles. The molecule has 0 spiro atoms. The fraction of sp³-hybridized carbons (Fsp3) is 1.00. The first-order valence-corrected chi connectivity index (χ1v) is 3.01. The molecule has 0 unspecified atom stereocenters. The molecule has 1 rings (SSSR count). The van der Waals surface area contributed by atoms with Crippen molar-refractivity contribution in [1.29, 1.82) is 0 Å². The van der Waals surface area contributed by atoms with Crippen LogP contribution < -0.4 is 5.73 Å². The van der Waals surface area contributed by atoms with Crippen molar-refractivity contribution in [1.82, 2.24) is 0 Å². The average molecular weight is 138 g/mol. The van der Waals surface area contributed by atoms with Gasteiger partial charge in [0.1, 0.15) is 0 Å². The third kappa shape index (κ3) is 2.50. The molecule has 0 aromatic rings. The Morgan fingerprint density at radius 3 is 1.75 bits per heavy atom. The Hall–Kier alpha value is 0.210. The van der Waals surface area contributed by atoms with E-state index in [9.17, 15) is 0 Å². The van der Waals surface area contributed by atoms with E-state index in [4.69, 9.17) is 22.4 Å². The van der Waals surface area contributed by atoms with Gasteiger partial charge in [-0.25, -0.2) is 0 Å². The van der Waals surface area contributed by atoms with E-state index in [-0.39, 0.29) is 5.00 Å². The summed E-state index contributed by atoms with van der Waals surface area (Å²) in [6.07, 6.45) is 3.20. The van der Waals surface area contributed by atoms with Crippen LogP contribution in [0.4, 0.5) is 0 Å². The van der Waals surface area contributed by atoms with Gasteiger partial charge in [-0.3, -0.25) is 0 Å². The highest BCUT2D eigenvalue weighted by molar-refractivity contribution is 6.23. The minimum Gasteiger partial charge on any atom is -0.400 e. The molecule has 1 aliphatic carbocycles. The summed E-state index contributed by atoms with van der Waals surface area (Å²) in [4.78, 5) is -0.306. The second-order valence-corrected chi connectivity index (χ2v) is 2.64. The van der Waals surface area contributed by atoms with Crippen LogP contribution in [0.25, 0.3) is 0 Å². The Kier molecular flexibility index (Phi) is 3.36.